The Morgan fingerprint density at radius 2 is 1.61 bits per heavy atom. The average Bonchev–Trinajstić information content (AvgIpc) is 2.74. The standard InChI is InChI=1S/C16H20OS/c1-11-5-10-14(18-11)15(17)12-6-8-13(9-7-12)16(2,3)4/h5-10,15,17H,1-4H3/t15-/m1/s1. The number of thiophene rings is 1. The van der Waals surface area contributed by atoms with Gasteiger partial charge in [0.1, 0.15) is 6.10 Å². The average molecular weight is 260 g/mol. The smallest absolute Gasteiger partial charge is 0.113 e. The van der Waals surface area contributed by atoms with Gasteiger partial charge in [-0.3, -0.25) is 0 Å². The molecule has 96 valence electrons. The lowest BCUT2D eigenvalue weighted by Gasteiger charge is -2.19. The van der Waals surface area contributed by atoms with Crippen molar-refractivity contribution >= 4 is 11.3 Å². The molecule has 0 bridgehead atoms. The summed E-state index contributed by atoms with van der Waals surface area (Å²) in [4.78, 5) is 2.24. The van der Waals surface area contributed by atoms with E-state index < -0.39 is 6.10 Å². The van der Waals surface area contributed by atoms with Crippen molar-refractivity contribution in [1.82, 2.24) is 0 Å². The predicted octanol–water partition coefficient (Wildman–Crippen LogP) is 4.44. The van der Waals surface area contributed by atoms with Crippen molar-refractivity contribution in [2.24, 2.45) is 0 Å². The number of aliphatic hydroxyl groups is 1. The van der Waals surface area contributed by atoms with Crippen LogP contribution in [-0.4, -0.2) is 5.11 Å². The van der Waals surface area contributed by atoms with Gasteiger partial charge in [-0.1, -0.05) is 45.0 Å². The maximum absolute atomic E-state index is 10.3. The van der Waals surface area contributed by atoms with Crippen LogP contribution in [0.25, 0.3) is 0 Å². The van der Waals surface area contributed by atoms with E-state index in [-0.39, 0.29) is 5.41 Å². The molecule has 0 amide bonds. The Bertz CT molecular complexity index is 517. The third kappa shape index (κ3) is 2.82. The normalized spacial score (nSPS) is 13.6. The number of hydrogen-bond acceptors (Lipinski definition) is 2. The summed E-state index contributed by atoms with van der Waals surface area (Å²) in [7, 11) is 0. The van der Waals surface area contributed by atoms with E-state index in [1.54, 1.807) is 11.3 Å². The molecule has 0 spiro atoms. The fraction of sp³-hybridized carbons (Fsp3) is 0.375. The first-order chi connectivity index (χ1) is 8.38. The molecule has 1 N–H and O–H groups in total. The maximum Gasteiger partial charge on any atom is 0.113 e. The summed E-state index contributed by atoms with van der Waals surface area (Å²) in [5.74, 6) is 0. The Labute approximate surface area is 113 Å². The first-order valence-electron chi connectivity index (χ1n) is 6.23. The van der Waals surface area contributed by atoms with Gasteiger partial charge in [-0.05, 0) is 35.6 Å². The molecule has 0 aliphatic heterocycles. The summed E-state index contributed by atoms with van der Waals surface area (Å²) in [5.41, 5.74) is 2.41. The molecular formula is C16H20OS. The Balaban J connectivity index is 2.24. The third-order valence-electron chi connectivity index (χ3n) is 3.12. The zero-order chi connectivity index (χ0) is 13.3. The summed E-state index contributed by atoms with van der Waals surface area (Å²) < 4.78 is 0. The monoisotopic (exact) mass is 260 g/mol. The van der Waals surface area contributed by atoms with Crippen molar-refractivity contribution < 1.29 is 5.11 Å². The zero-order valence-electron chi connectivity index (χ0n) is 11.4. The Kier molecular flexibility index (Phi) is 3.60. The number of benzene rings is 1. The first kappa shape index (κ1) is 13.3. The van der Waals surface area contributed by atoms with Gasteiger partial charge in [0.25, 0.3) is 0 Å². The summed E-state index contributed by atoms with van der Waals surface area (Å²) in [6, 6.07) is 12.3. The van der Waals surface area contributed by atoms with Crippen LogP contribution < -0.4 is 0 Å². The third-order valence-corrected chi connectivity index (χ3v) is 4.18. The molecule has 18 heavy (non-hydrogen) atoms. The van der Waals surface area contributed by atoms with Crippen LogP contribution in [0.5, 0.6) is 0 Å². The second-order valence-electron chi connectivity index (χ2n) is 5.72. The van der Waals surface area contributed by atoms with Gasteiger partial charge in [-0.25, -0.2) is 0 Å². The molecule has 1 aromatic carbocycles. The molecular weight excluding hydrogens is 240 g/mol. The van der Waals surface area contributed by atoms with Crippen LogP contribution in [0.1, 0.15) is 47.8 Å². The van der Waals surface area contributed by atoms with Crippen LogP contribution in [0.2, 0.25) is 0 Å². The summed E-state index contributed by atoms with van der Waals surface area (Å²) in [6.45, 7) is 8.65. The van der Waals surface area contributed by atoms with E-state index in [4.69, 9.17) is 0 Å². The largest absolute Gasteiger partial charge is 0.383 e. The molecule has 0 saturated heterocycles. The van der Waals surface area contributed by atoms with E-state index in [0.29, 0.717) is 0 Å². The quantitative estimate of drug-likeness (QED) is 0.846. The molecule has 1 atom stereocenters. The van der Waals surface area contributed by atoms with Gasteiger partial charge >= 0.3 is 0 Å². The minimum Gasteiger partial charge on any atom is -0.383 e. The molecule has 0 radical (unpaired) electrons. The molecule has 2 aromatic rings. The summed E-state index contributed by atoms with van der Waals surface area (Å²) >= 11 is 1.65. The van der Waals surface area contributed by atoms with E-state index in [2.05, 4.69) is 39.8 Å². The summed E-state index contributed by atoms with van der Waals surface area (Å²) in [6.07, 6.45) is -0.502. The molecule has 1 aromatic heterocycles. The first-order valence-corrected chi connectivity index (χ1v) is 7.04. The molecule has 0 fully saturated rings. The van der Waals surface area contributed by atoms with Gasteiger partial charge in [0.2, 0.25) is 0 Å². The lowest BCUT2D eigenvalue weighted by Crippen LogP contribution is -2.11. The van der Waals surface area contributed by atoms with Crippen molar-refractivity contribution in [3.63, 3.8) is 0 Å². The van der Waals surface area contributed by atoms with Crippen molar-refractivity contribution in [2.45, 2.75) is 39.2 Å². The highest BCUT2D eigenvalue weighted by atomic mass is 32.1. The lowest BCUT2D eigenvalue weighted by molar-refractivity contribution is 0.224. The zero-order valence-corrected chi connectivity index (χ0v) is 12.2. The topological polar surface area (TPSA) is 20.2 Å². The lowest BCUT2D eigenvalue weighted by atomic mass is 9.86. The van der Waals surface area contributed by atoms with Gasteiger partial charge in [-0.15, -0.1) is 11.3 Å². The molecule has 2 heteroatoms. The van der Waals surface area contributed by atoms with Crippen LogP contribution in [-0.2, 0) is 5.41 Å². The maximum atomic E-state index is 10.3. The highest BCUT2D eigenvalue weighted by Crippen LogP contribution is 2.30. The van der Waals surface area contributed by atoms with Crippen LogP contribution in [0.4, 0.5) is 0 Å². The molecule has 0 saturated carbocycles. The van der Waals surface area contributed by atoms with E-state index in [1.165, 1.54) is 10.4 Å². The second-order valence-corrected chi connectivity index (χ2v) is 7.04. The van der Waals surface area contributed by atoms with Crippen LogP contribution >= 0.6 is 11.3 Å². The molecule has 0 unspecified atom stereocenters. The fourth-order valence-electron chi connectivity index (χ4n) is 1.93. The number of hydrogen-bond donors (Lipinski definition) is 1. The number of rotatable bonds is 2. The van der Waals surface area contributed by atoms with Crippen molar-refractivity contribution in [3.05, 3.63) is 57.3 Å². The van der Waals surface area contributed by atoms with E-state index >= 15 is 0 Å². The number of aryl methyl sites for hydroxylation is 1. The Morgan fingerprint density at radius 3 is 2.06 bits per heavy atom. The van der Waals surface area contributed by atoms with Crippen LogP contribution in [0.3, 0.4) is 0 Å². The van der Waals surface area contributed by atoms with E-state index in [0.717, 1.165) is 10.4 Å². The van der Waals surface area contributed by atoms with Gasteiger partial charge in [0.15, 0.2) is 0 Å². The molecule has 1 heterocycles. The minimum atomic E-state index is -0.502. The molecule has 0 aliphatic rings. The van der Waals surface area contributed by atoms with Crippen molar-refractivity contribution in [2.75, 3.05) is 0 Å². The SMILES string of the molecule is Cc1ccc([C@H](O)c2ccc(C(C)(C)C)cc2)s1. The molecule has 2 rings (SSSR count). The van der Waals surface area contributed by atoms with Crippen molar-refractivity contribution in [3.8, 4) is 0 Å². The fourth-order valence-corrected chi connectivity index (χ4v) is 2.82. The molecule has 1 nitrogen and oxygen atoms in total. The Morgan fingerprint density at radius 1 is 1.00 bits per heavy atom. The molecule has 0 aliphatic carbocycles. The predicted molar refractivity (Wildman–Crippen MR) is 78.3 cm³/mol. The Hall–Kier alpha value is -1.12. The van der Waals surface area contributed by atoms with Crippen LogP contribution in [0.15, 0.2) is 36.4 Å². The number of aliphatic hydroxyl groups excluding tert-OH is 1. The highest BCUT2D eigenvalue weighted by molar-refractivity contribution is 7.12. The van der Waals surface area contributed by atoms with Crippen LogP contribution in [0, 0.1) is 6.92 Å². The van der Waals surface area contributed by atoms with Gasteiger partial charge in [-0.2, -0.15) is 0 Å². The highest BCUT2D eigenvalue weighted by Gasteiger charge is 2.16. The van der Waals surface area contributed by atoms with E-state index in [1.807, 2.05) is 24.3 Å². The van der Waals surface area contributed by atoms with Crippen molar-refractivity contribution in [1.29, 1.82) is 0 Å². The summed E-state index contributed by atoms with van der Waals surface area (Å²) in [5, 5.41) is 10.3. The second kappa shape index (κ2) is 4.87. The van der Waals surface area contributed by atoms with Gasteiger partial charge < -0.3 is 5.11 Å². The van der Waals surface area contributed by atoms with Gasteiger partial charge in [0.05, 0.1) is 0 Å². The minimum absolute atomic E-state index is 0.156. The van der Waals surface area contributed by atoms with Gasteiger partial charge in [0, 0.05) is 9.75 Å². The van der Waals surface area contributed by atoms with E-state index in [9.17, 15) is 5.11 Å².